The predicted octanol–water partition coefficient (Wildman–Crippen LogP) is 3.84. The summed E-state index contributed by atoms with van der Waals surface area (Å²) in [7, 11) is 0. The second kappa shape index (κ2) is 7.36. The Hall–Kier alpha value is -2.94. The second-order valence-electron chi connectivity index (χ2n) is 5.64. The number of alkyl halides is 3. The van der Waals surface area contributed by atoms with E-state index in [2.05, 4.69) is 4.98 Å². The average Bonchev–Trinajstić information content (AvgIpc) is 2.99. The van der Waals surface area contributed by atoms with Crippen molar-refractivity contribution in [3.05, 3.63) is 74.7 Å². The minimum Gasteiger partial charge on any atom is -0.456 e. The van der Waals surface area contributed by atoms with Crippen molar-refractivity contribution in [3.8, 4) is 0 Å². The monoisotopic (exact) mass is 394 g/mol. The summed E-state index contributed by atoms with van der Waals surface area (Å²) >= 11 is 1.30. The molecule has 2 heterocycles. The summed E-state index contributed by atoms with van der Waals surface area (Å²) in [5.74, 6) is -0.695. The molecule has 0 bridgehead atoms. The number of halogens is 3. The SMILES string of the molecule is Cc1csc2nc(COC(=O)/C=C/c3ccc(C(F)(F)F)cc3)cc(=O)n12. The molecule has 0 spiro atoms. The number of aromatic nitrogens is 2. The van der Waals surface area contributed by atoms with Gasteiger partial charge in [-0.1, -0.05) is 12.1 Å². The van der Waals surface area contributed by atoms with E-state index in [-0.39, 0.29) is 12.2 Å². The molecule has 0 unspecified atom stereocenters. The number of ether oxygens (including phenoxy) is 1. The highest BCUT2D eigenvalue weighted by molar-refractivity contribution is 7.15. The van der Waals surface area contributed by atoms with Crippen LogP contribution in [0.25, 0.3) is 11.0 Å². The molecule has 5 nitrogen and oxygen atoms in total. The smallest absolute Gasteiger partial charge is 0.416 e. The van der Waals surface area contributed by atoms with Crippen LogP contribution in [0.15, 0.2) is 46.6 Å². The zero-order valence-electron chi connectivity index (χ0n) is 14.0. The van der Waals surface area contributed by atoms with Crippen LogP contribution >= 0.6 is 11.3 Å². The first-order valence-electron chi connectivity index (χ1n) is 7.73. The molecule has 0 saturated carbocycles. The maximum Gasteiger partial charge on any atom is 0.416 e. The van der Waals surface area contributed by atoms with Gasteiger partial charge in [-0.2, -0.15) is 13.2 Å². The number of carbonyl (C=O) groups excluding carboxylic acids is 1. The van der Waals surface area contributed by atoms with Gasteiger partial charge in [-0.05, 0) is 30.7 Å². The van der Waals surface area contributed by atoms with Gasteiger partial charge in [0.1, 0.15) is 6.61 Å². The third-order valence-corrected chi connectivity index (χ3v) is 4.58. The van der Waals surface area contributed by atoms with Crippen LogP contribution in [0.4, 0.5) is 13.2 Å². The van der Waals surface area contributed by atoms with Gasteiger partial charge in [0.2, 0.25) is 0 Å². The van der Waals surface area contributed by atoms with E-state index in [9.17, 15) is 22.8 Å². The van der Waals surface area contributed by atoms with Gasteiger partial charge in [0.05, 0.1) is 11.3 Å². The van der Waals surface area contributed by atoms with Crippen molar-refractivity contribution in [3.63, 3.8) is 0 Å². The summed E-state index contributed by atoms with van der Waals surface area (Å²) in [6, 6.07) is 5.66. The highest BCUT2D eigenvalue weighted by atomic mass is 32.1. The fraction of sp³-hybridized carbons (Fsp3) is 0.167. The maximum absolute atomic E-state index is 12.5. The van der Waals surface area contributed by atoms with Gasteiger partial charge < -0.3 is 4.74 Å². The number of aryl methyl sites for hydroxylation is 1. The quantitative estimate of drug-likeness (QED) is 0.498. The van der Waals surface area contributed by atoms with Crippen LogP contribution in [0.3, 0.4) is 0 Å². The van der Waals surface area contributed by atoms with Gasteiger partial charge in [0.15, 0.2) is 4.96 Å². The normalized spacial score (nSPS) is 12.0. The zero-order chi connectivity index (χ0) is 19.6. The molecular formula is C18H13F3N2O3S. The lowest BCUT2D eigenvalue weighted by atomic mass is 10.1. The number of benzene rings is 1. The summed E-state index contributed by atoms with van der Waals surface area (Å²) < 4.78 is 44.0. The van der Waals surface area contributed by atoms with E-state index in [1.807, 2.05) is 0 Å². The molecule has 0 aliphatic carbocycles. The summed E-state index contributed by atoms with van der Waals surface area (Å²) in [5, 5.41) is 1.80. The van der Waals surface area contributed by atoms with Crippen LogP contribution < -0.4 is 5.56 Å². The number of thiazole rings is 1. The Bertz CT molecular complexity index is 1070. The molecule has 0 saturated heterocycles. The van der Waals surface area contributed by atoms with Crippen LogP contribution in [-0.2, 0) is 22.3 Å². The van der Waals surface area contributed by atoms with Crippen molar-refractivity contribution in [2.75, 3.05) is 0 Å². The van der Waals surface area contributed by atoms with E-state index >= 15 is 0 Å². The first kappa shape index (κ1) is 18.8. The molecule has 0 aliphatic rings. The van der Waals surface area contributed by atoms with Gasteiger partial charge in [0.25, 0.3) is 5.56 Å². The molecule has 9 heteroatoms. The van der Waals surface area contributed by atoms with E-state index in [1.54, 1.807) is 12.3 Å². The molecule has 27 heavy (non-hydrogen) atoms. The first-order valence-corrected chi connectivity index (χ1v) is 8.61. The highest BCUT2D eigenvalue weighted by Crippen LogP contribution is 2.29. The highest BCUT2D eigenvalue weighted by Gasteiger charge is 2.29. The van der Waals surface area contributed by atoms with Crippen LogP contribution in [-0.4, -0.2) is 15.4 Å². The van der Waals surface area contributed by atoms with E-state index in [1.165, 1.54) is 40.0 Å². The number of carbonyl (C=O) groups is 1. The number of hydrogen-bond acceptors (Lipinski definition) is 5. The Kier molecular flexibility index (Phi) is 5.13. The Morgan fingerprint density at radius 2 is 2.00 bits per heavy atom. The van der Waals surface area contributed by atoms with Crippen molar-refractivity contribution in [2.45, 2.75) is 19.7 Å². The second-order valence-corrected chi connectivity index (χ2v) is 6.48. The Labute approximate surface area is 155 Å². The lowest BCUT2D eigenvalue weighted by Gasteiger charge is -2.06. The molecule has 0 radical (unpaired) electrons. The number of esters is 1. The van der Waals surface area contributed by atoms with Crippen molar-refractivity contribution >= 4 is 28.3 Å². The Balaban J connectivity index is 1.63. The van der Waals surface area contributed by atoms with Gasteiger partial charge in [0, 0.05) is 23.2 Å². The summed E-state index contributed by atoms with van der Waals surface area (Å²) in [4.78, 5) is 28.6. The lowest BCUT2D eigenvalue weighted by molar-refractivity contribution is -0.139. The van der Waals surface area contributed by atoms with E-state index in [4.69, 9.17) is 4.74 Å². The van der Waals surface area contributed by atoms with Crippen molar-refractivity contribution < 1.29 is 22.7 Å². The number of hydrogen-bond donors (Lipinski definition) is 0. The van der Waals surface area contributed by atoms with Crippen LogP contribution in [0.1, 0.15) is 22.5 Å². The summed E-state index contributed by atoms with van der Waals surface area (Å²) in [5.41, 5.74) is 0.490. The van der Waals surface area contributed by atoms with Gasteiger partial charge in [-0.3, -0.25) is 9.20 Å². The number of rotatable bonds is 4. The minimum atomic E-state index is -4.41. The predicted molar refractivity (Wildman–Crippen MR) is 94.4 cm³/mol. The largest absolute Gasteiger partial charge is 0.456 e. The Morgan fingerprint density at radius 1 is 1.30 bits per heavy atom. The molecule has 0 N–H and O–H groups in total. The molecule has 0 amide bonds. The molecule has 140 valence electrons. The molecule has 0 atom stereocenters. The summed E-state index contributed by atoms with van der Waals surface area (Å²) in [6.07, 6.45) is -1.96. The maximum atomic E-state index is 12.5. The van der Waals surface area contributed by atoms with Gasteiger partial charge in [-0.15, -0.1) is 11.3 Å². The van der Waals surface area contributed by atoms with Crippen LogP contribution in [0.2, 0.25) is 0 Å². The van der Waals surface area contributed by atoms with E-state index in [0.717, 1.165) is 23.9 Å². The topological polar surface area (TPSA) is 60.7 Å². The zero-order valence-corrected chi connectivity index (χ0v) is 14.8. The van der Waals surface area contributed by atoms with Crippen molar-refractivity contribution in [1.29, 1.82) is 0 Å². The molecule has 3 rings (SSSR count). The average molecular weight is 394 g/mol. The molecule has 2 aromatic heterocycles. The van der Waals surface area contributed by atoms with Crippen LogP contribution in [0, 0.1) is 6.92 Å². The van der Waals surface area contributed by atoms with E-state index in [0.29, 0.717) is 16.2 Å². The molecule has 0 fully saturated rings. The third-order valence-electron chi connectivity index (χ3n) is 3.64. The molecule has 0 aliphatic heterocycles. The number of nitrogens with zero attached hydrogens (tertiary/aromatic N) is 2. The van der Waals surface area contributed by atoms with Gasteiger partial charge >= 0.3 is 12.1 Å². The summed E-state index contributed by atoms with van der Waals surface area (Å²) in [6.45, 7) is 1.61. The molecule has 3 aromatic rings. The van der Waals surface area contributed by atoms with E-state index < -0.39 is 17.7 Å². The van der Waals surface area contributed by atoms with Crippen molar-refractivity contribution in [1.82, 2.24) is 9.38 Å². The first-order chi connectivity index (χ1) is 12.7. The Morgan fingerprint density at radius 3 is 2.67 bits per heavy atom. The lowest BCUT2D eigenvalue weighted by Crippen LogP contribution is -2.16. The third kappa shape index (κ3) is 4.43. The van der Waals surface area contributed by atoms with Crippen molar-refractivity contribution in [2.24, 2.45) is 0 Å². The molecule has 1 aromatic carbocycles. The van der Waals surface area contributed by atoms with Gasteiger partial charge in [-0.25, -0.2) is 9.78 Å². The fourth-order valence-electron chi connectivity index (χ4n) is 2.32. The standard InChI is InChI=1S/C18H13F3N2O3S/c1-11-10-27-17-22-14(8-15(24)23(11)17)9-26-16(25)7-4-12-2-5-13(6-3-12)18(19,20)21/h2-8,10H,9H2,1H3/b7-4+. The van der Waals surface area contributed by atoms with Crippen LogP contribution in [0.5, 0.6) is 0 Å². The molecular weight excluding hydrogens is 381 g/mol. The number of fused-ring (bicyclic) bond motifs is 1. The fourth-order valence-corrected chi connectivity index (χ4v) is 3.21. The minimum absolute atomic E-state index is 0.182.